The van der Waals surface area contributed by atoms with E-state index in [1.54, 1.807) is 29.6 Å². The van der Waals surface area contributed by atoms with E-state index in [1.165, 1.54) is 6.07 Å². The van der Waals surface area contributed by atoms with E-state index in [0.29, 0.717) is 30.3 Å². The normalized spacial score (nSPS) is 13.6. The lowest BCUT2D eigenvalue weighted by atomic mass is 10.1. The lowest BCUT2D eigenvalue weighted by molar-refractivity contribution is -0.142. The molecule has 0 radical (unpaired) electrons. The third kappa shape index (κ3) is 5.31. The predicted octanol–water partition coefficient (Wildman–Crippen LogP) is 2.00. The summed E-state index contributed by atoms with van der Waals surface area (Å²) in [7, 11) is -3.63. The minimum Gasteiger partial charge on any atom is -0.490 e. The number of nitrogens with one attached hydrogen (secondary N) is 1. The highest BCUT2D eigenvalue weighted by Crippen LogP contribution is 2.30. The fourth-order valence-corrected chi connectivity index (χ4v) is 4.48. The van der Waals surface area contributed by atoms with Crippen LogP contribution < -0.4 is 14.2 Å². The summed E-state index contributed by atoms with van der Waals surface area (Å²) in [5.74, 6) is 0.00136. The van der Waals surface area contributed by atoms with Gasteiger partial charge in [-0.1, -0.05) is 6.07 Å². The highest BCUT2D eigenvalue weighted by Gasteiger charge is 2.17. The van der Waals surface area contributed by atoms with Crippen LogP contribution in [0.3, 0.4) is 0 Å². The average Bonchev–Trinajstić information content (AvgIpc) is 3.13. The Labute approximate surface area is 166 Å². The van der Waals surface area contributed by atoms with Gasteiger partial charge in [0.2, 0.25) is 10.0 Å². The number of ketones is 1. The number of fused-ring (bicyclic) bond motifs is 1. The van der Waals surface area contributed by atoms with Gasteiger partial charge in [-0.25, -0.2) is 13.1 Å². The molecule has 0 spiro atoms. The Morgan fingerprint density at radius 2 is 1.93 bits per heavy atom. The Kier molecular flexibility index (Phi) is 6.65. The molecule has 0 saturated carbocycles. The summed E-state index contributed by atoms with van der Waals surface area (Å²) in [6.07, 6.45) is 0.574. The zero-order chi connectivity index (χ0) is 20.0. The zero-order valence-electron chi connectivity index (χ0n) is 14.9. The summed E-state index contributed by atoms with van der Waals surface area (Å²) in [6, 6.07) is 7.89. The molecule has 1 N–H and O–H groups in total. The predicted molar refractivity (Wildman–Crippen MR) is 101 cm³/mol. The molecule has 28 heavy (non-hydrogen) atoms. The summed E-state index contributed by atoms with van der Waals surface area (Å²) in [6.45, 7) is 0.503. The first-order chi connectivity index (χ1) is 13.5. The molecule has 2 heterocycles. The molecule has 1 aromatic heterocycles. The maximum atomic E-state index is 12.2. The van der Waals surface area contributed by atoms with E-state index < -0.39 is 22.6 Å². The van der Waals surface area contributed by atoms with Gasteiger partial charge < -0.3 is 14.2 Å². The third-order valence-corrected chi connectivity index (χ3v) is 6.67. The highest BCUT2D eigenvalue weighted by molar-refractivity contribution is 7.91. The van der Waals surface area contributed by atoms with Gasteiger partial charge in [-0.2, -0.15) is 0 Å². The number of hydrogen-bond donors (Lipinski definition) is 1. The molecular formula is C18H19NO7S2. The van der Waals surface area contributed by atoms with Crippen molar-refractivity contribution in [3.05, 3.63) is 41.3 Å². The molecule has 1 aliphatic rings. The molecule has 2 aromatic rings. The smallest absolute Gasteiger partial charge is 0.307 e. The topological polar surface area (TPSA) is 108 Å². The van der Waals surface area contributed by atoms with E-state index in [2.05, 4.69) is 4.72 Å². The fraction of sp³-hybridized carbons (Fsp3) is 0.333. The van der Waals surface area contributed by atoms with E-state index in [1.807, 2.05) is 0 Å². The number of carbonyl (C=O) groups excluding carboxylic acids is 2. The molecule has 0 atom stereocenters. The number of rotatable bonds is 8. The van der Waals surface area contributed by atoms with E-state index in [0.717, 1.165) is 17.8 Å². The quantitative estimate of drug-likeness (QED) is 0.509. The van der Waals surface area contributed by atoms with Crippen molar-refractivity contribution in [2.24, 2.45) is 0 Å². The number of benzene rings is 1. The Bertz CT molecular complexity index is 939. The number of hydrogen-bond acceptors (Lipinski definition) is 8. The second-order valence-electron chi connectivity index (χ2n) is 5.88. The Morgan fingerprint density at radius 3 is 2.68 bits per heavy atom. The fourth-order valence-electron chi connectivity index (χ4n) is 2.41. The van der Waals surface area contributed by atoms with Crippen LogP contribution in [0.2, 0.25) is 0 Å². The number of thiophene rings is 1. The Hall–Kier alpha value is -2.43. The molecule has 1 aromatic carbocycles. The molecule has 0 unspecified atom stereocenters. The minimum absolute atomic E-state index is 0.114. The molecular weight excluding hydrogens is 406 g/mol. The van der Waals surface area contributed by atoms with Crippen LogP contribution in [0.5, 0.6) is 11.5 Å². The molecule has 0 bridgehead atoms. The summed E-state index contributed by atoms with van der Waals surface area (Å²) >= 11 is 1.08. The summed E-state index contributed by atoms with van der Waals surface area (Å²) < 4.78 is 42.3. The maximum Gasteiger partial charge on any atom is 0.307 e. The molecule has 150 valence electrons. The first-order valence-corrected chi connectivity index (χ1v) is 10.9. The molecule has 3 rings (SSSR count). The number of esters is 1. The zero-order valence-corrected chi connectivity index (χ0v) is 16.5. The maximum absolute atomic E-state index is 12.2. The standard InChI is InChI=1S/C18H19NO7S2/c20-14(13-4-5-15-16(11-13)25-9-2-8-24-15)12-26-17(21)6-7-19-28(22,23)18-3-1-10-27-18/h1,3-5,10-11,19H,2,6-9,12H2. The van der Waals surface area contributed by atoms with E-state index in [9.17, 15) is 18.0 Å². The van der Waals surface area contributed by atoms with Crippen molar-refractivity contribution in [2.45, 2.75) is 17.1 Å². The van der Waals surface area contributed by atoms with Gasteiger partial charge in [-0.3, -0.25) is 9.59 Å². The van der Waals surface area contributed by atoms with Gasteiger partial charge in [-0.05, 0) is 29.6 Å². The Balaban J connectivity index is 1.45. The van der Waals surface area contributed by atoms with Crippen molar-refractivity contribution < 1.29 is 32.2 Å². The second kappa shape index (κ2) is 9.18. The van der Waals surface area contributed by atoms with Crippen molar-refractivity contribution in [1.82, 2.24) is 4.72 Å². The van der Waals surface area contributed by atoms with Gasteiger partial charge in [0.1, 0.15) is 4.21 Å². The Morgan fingerprint density at radius 1 is 1.14 bits per heavy atom. The van der Waals surface area contributed by atoms with Crippen LogP contribution in [0.1, 0.15) is 23.2 Å². The van der Waals surface area contributed by atoms with Gasteiger partial charge in [-0.15, -0.1) is 11.3 Å². The van der Waals surface area contributed by atoms with Crippen LogP contribution >= 0.6 is 11.3 Å². The third-order valence-electron chi connectivity index (χ3n) is 3.81. The summed E-state index contributed by atoms with van der Waals surface area (Å²) in [4.78, 5) is 24.0. The van der Waals surface area contributed by atoms with Crippen molar-refractivity contribution in [2.75, 3.05) is 26.4 Å². The molecule has 0 aliphatic carbocycles. The number of sulfonamides is 1. The van der Waals surface area contributed by atoms with Gasteiger partial charge >= 0.3 is 5.97 Å². The van der Waals surface area contributed by atoms with Crippen LogP contribution in [0, 0.1) is 0 Å². The molecule has 8 nitrogen and oxygen atoms in total. The van der Waals surface area contributed by atoms with Crippen molar-refractivity contribution in [3.63, 3.8) is 0 Å². The molecule has 0 fully saturated rings. The van der Waals surface area contributed by atoms with Crippen molar-refractivity contribution >= 4 is 33.1 Å². The van der Waals surface area contributed by atoms with Crippen molar-refractivity contribution in [1.29, 1.82) is 0 Å². The van der Waals surface area contributed by atoms with Gasteiger partial charge in [0, 0.05) is 18.5 Å². The molecule has 1 aliphatic heterocycles. The minimum atomic E-state index is -3.63. The van der Waals surface area contributed by atoms with Gasteiger partial charge in [0.15, 0.2) is 23.9 Å². The largest absolute Gasteiger partial charge is 0.490 e. The van der Waals surface area contributed by atoms with E-state index in [-0.39, 0.29) is 23.0 Å². The van der Waals surface area contributed by atoms with E-state index >= 15 is 0 Å². The van der Waals surface area contributed by atoms with Crippen LogP contribution in [-0.2, 0) is 19.6 Å². The molecule has 10 heteroatoms. The lowest BCUT2D eigenvalue weighted by Crippen LogP contribution is -2.26. The number of Topliss-reactive ketones (excluding diaryl/α,β-unsaturated/α-hetero) is 1. The van der Waals surface area contributed by atoms with Crippen LogP contribution in [0.25, 0.3) is 0 Å². The monoisotopic (exact) mass is 425 g/mol. The summed E-state index contributed by atoms with van der Waals surface area (Å²) in [5, 5.41) is 1.65. The average molecular weight is 425 g/mol. The number of ether oxygens (including phenoxy) is 3. The van der Waals surface area contributed by atoms with Gasteiger partial charge in [0.05, 0.1) is 19.6 Å². The van der Waals surface area contributed by atoms with Gasteiger partial charge in [0.25, 0.3) is 0 Å². The van der Waals surface area contributed by atoms with E-state index in [4.69, 9.17) is 14.2 Å². The van der Waals surface area contributed by atoms with Crippen LogP contribution in [0.15, 0.2) is 39.9 Å². The molecule has 0 amide bonds. The summed E-state index contributed by atoms with van der Waals surface area (Å²) in [5.41, 5.74) is 0.343. The first kappa shape index (κ1) is 20.3. The SMILES string of the molecule is O=C(CCNS(=O)(=O)c1cccs1)OCC(=O)c1ccc2c(c1)OCCCO2. The lowest BCUT2D eigenvalue weighted by Gasteiger charge is -2.09. The first-order valence-electron chi connectivity index (χ1n) is 8.57. The molecule has 0 saturated heterocycles. The number of carbonyl (C=O) groups is 2. The highest BCUT2D eigenvalue weighted by atomic mass is 32.2. The van der Waals surface area contributed by atoms with Crippen molar-refractivity contribution in [3.8, 4) is 11.5 Å². The second-order valence-corrected chi connectivity index (χ2v) is 8.82. The van der Waals surface area contributed by atoms with Crippen LogP contribution in [0.4, 0.5) is 0 Å². The van der Waals surface area contributed by atoms with Crippen LogP contribution in [-0.4, -0.2) is 46.5 Å².